The summed E-state index contributed by atoms with van der Waals surface area (Å²) in [4.78, 5) is 42.7. The van der Waals surface area contributed by atoms with Gasteiger partial charge in [0.1, 0.15) is 17.4 Å². The summed E-state index contributed by atoms with van der Waals surface area (Å²) in [5.41, 5.74) is 7.55. The van der Waals surface area contributed by atoms with Crippen molar-refractivity contribution in [2.45, 2.75) is 51.9 Å². The summed E-state index contributed by atoms with van der Waals surface area (Å²) in [6, 6.07) is 2.07. The van der Waals surface area contributed by atoms with Gasteiger partial charge < -0.3 is 25.8 Å². The molecule has 9 heteroatoms. The molecule has 0 unspecified atom stereocenters. The van der Waals surface area contributed by atoms with Crippen molar-refractivity contribution in [2.75, 3.05) is 69.2 Å². The molecule has 0 amide bonds. The number of ketones is 2. The van der Waals surface area contributed by atoms with E-state index < -0.39 is 5.92 Å². The number of rotatable bonds is 7. The number of nitrogens with one attached hydrogen (secondary N) is 1. The van der Waals surface area contributed by atoms with Crippen LogP contribution in [0.2, 0.25) is 0 Å². The maximum Gasteiger partial charge on any atom is 0.179 e. The fourth-order valence-electron chi connectivity index (χ4n) is 5.22. The van der Waals surface area contributed by atoms with E-state index in [0.717, 1.165) is 89.7 Å². The second-order valence-electron chi connectivity index (χ2n) is 10.1. The third-order valence-corrected chi connectivity index (χ3v) is 7.43. The summed E-state index contributed by atoms with van der Waals surface area (Å²) in [5, 5.41) is 3.45. The van der Waals surface area contributed by atoms with Crippen molar-refractivity contribution in [1.29, 1.82) is 0 Å². The average molecular weight is 510 g/mol. The quantitative estimate of drug-likeness (QED) is 0.324. The first kappa shape index (κ1) is 28.6. The van der Waals surface area contributed by atoms with Crippen LogP contribution in [0.4, 0.5) is 11.6 Å². The van der Waals surface area contributed by atoms with Gasteiger partial charge in [-0.15, -0.1) is 12.8 Å². The minimum Gasteiger partial charge on any atom is -0.395 e. The molecule has 0 radical (unpaired) electrons. The van der Waals surface area contributed by atoms with Gasteiger partial charge >= 0.3 is 0 Å². The molecule has 3 N–H and O–H groups in total. The van der Waals surface area contributed by atoms with Crippen LogP contribution in [0.1, 0.15) is 57.7 Å². The Kier molecular flexibility index (Phi) is 10.9. The number of hydrogen-bond acceptors (Lipinski definition) is 9. The first-order valence-corrected chi connectivity index (χ1v) is 13.7. The van der Waals surface area contributed by atoms with Gasteiger partial charge in [-0.25, -0.2) is 9.97 Å². The third-order valence-electron chi connectivity index (χ3n) is 7.43. The predicted molar refractivity (Wildman–Crippen MR) is 149 cm³/mol. The Morgan fingerprint density at radius 1 is 1.03 bits per heavy atom. The van der Waals surface area contributed by atoms with E-state index in [0.29, 0.717) is 36.4 Å². The molecule has 1 aliphatic carbocycles. The SMILES string of the molecule is C#C.CCC/C(C(=O)[C@H]1CCCCC1=O)=C(/N)c1nc(N2CCCNCC2)cc(N2CCN(C)CC2)n1. The van der Waals surface area contributed by atoms with E-state index in [1.54, 1.807) is 0 Å². The Labute approximate surface area is 221 Å². The van der Waals surface area contributed by atoms with Gasteiger partial charge in [0, 0.05) is 63.9 Å². The minimum atomic E-state index is -0.569. The fraction of sp³-hybridized carbons (Fsp3) is 0.643. The van der Waals surface area contributed by atoms with E-state index in [-0.39, 0.29) is 11.6 Å². The van der Waals surface area contributed by atoms with Crippen LogP contribution < -0.4 is 20.9 Å². The third kappa shape index (κ3) is 7.30. The van der Waals surface area contributed by atoms with Crippen molar-refractivity contribution in [1.82, 2.24) is 20.2 Å². The summed E-state index contributed by atoms with van der Waals surface area (Å²) in [6.07, 6.45) is 13.2. The summed E-state index contributed by atoms with van der Waals surface area (Å²) in [7, 11) is 2.13. The number of hydrogen-bond donors (Lipinski definition) is 2. The highest BCUT2D eigenvalue weighted by molar-refractivity contribution is 6.13. The number of nitrogens with two attached hydrogens (primary N) is 1. The lowest BCUT2D eigenvalue weighted by Gasteiger charge is -2.34. The second kappa shape index (κ2) is 14.1. The van der Waals surface area contributed by atoms with Crippen LogP contribution in [-0.2, 0) is 9.59 Å². The van der Waals surface area contributed by atoms with Crippen LogP contribution in [0.25, 0.3) is 5.70 Å². The van der Waals surface area contributed by atoms with E-state index in [2.05, 4.69) is 46.0 Å². The molecule has 1 aromatic heterocycles. The molecule has 0 bridgehead atoms. The number of likely N-dealkylation sites (N-methyl/N-ethyl adjacent to an activating group) is 1. The molecule has 37 heavy (non-hydrogen) atoms. The zero-order valence-electron chi connectivity index (χ0n) is 22.5. The maximum atomic E-state index is 13.5. The largest absolute Gasteiger partial charge is 0.395 e. The predicted octanol–water partition coefficient (Wildman–Crippen LogP) is 2.08. The molecule has 1 aromatic rings. The Morgan fingerprint density at radius 3 is 2.35 bits per heavy atom. The highest BCUT2D eigenvalue weighted by atomic mass is 16.2. The molecule has 2 saturated heterocycles. The molecule has 4 rings (SSSR count). The van der Waals surface area contributed by atoms with Crippen molar-refractivity contribution >= 4 is 28.9 Å². The number of anilines is 2. The van der Waals surface area contributed by atoms with Crippen molar-refractivity contribution < 1.29 is 9.59 Å². The lowest BCUT2D eigenvalue weighted by Crippen LogP contribution is -2.45. The topological polar surface area (TPSA) is 108 Å². The molecular weight excluding hydrogens is 466 g/mol. The van der Waals surface area contributed by atoms with Crippen molar-refractivity contribution in [3.8, 4) is 12.8 Å². The average Bonchev–Trinajstić information content (AvgIpc) is 3.22. The molecule has 0 aromatic carbocycles. The van der Waals surface area contributed by atoms with Crippen LogP contribution >= 0.6 is 0 Å². The summed E-state index contributed by atoms with van der Waals surface area (Å²) in [5.74, 6) is 1.48. The Balaban J connectivity index is 0.00000186. The van der Waals surface area contributed by atoms with Crippen LogP contribution in [0, 0.1) is 18.8 Å². The Bertz CT molecular complexity index is 974. The van der Waals surface area contributed by atoms with Crippen LogP contribution in [0.15, 0.2) is 11.6 Å². The Morgan fingerprint density at radius 2 is 1.70 bits per heavy atom. The minimum absolute atomic E-state index is 0.0486. The van der Waals surface area contributed by atoms with Gasteiger partial charge in [-0.05, 0) is 39.3 Å². The zero-order chi connectivity index (χ0) is 26.8. The van der Waals surface area contributed by atoms with Crippen LogP contribution in [0.3, 0.4) is 0 Å². The first-order chi connectivity index (χ1) is 18.0. The fourth-order valence-corrected chi connectivity index (χ4v) is 5.22. The molecule has 3 aliphatic rings. The highest BCUT2D eigenvalue weighted by Gasteiger charge is 2.32. The lowest BCUT2D eigenvalue weighted by molar-refractivity contribution is -0.132. The van der Waals surface area contributed by atoms with E-state index in [4.69, 9.17) is 15.7 Å². The van der Waals surface area contributed by atoms with E-state index >= 15 is 0 Å². The number of carbonyl (C=O) groups excluding carboxylic acids is 2. The normalized spacial score (nSPS) is 21.9. The monoisotopic (exact) mass is 509 g/mol. The maximum absolute atomic E-state index is 13.5. The van der Waals surface area contributed by atoms with E-state index in [9.17, 15) is 9.59 Å². The van der Waals surface area contributed by atoms with Gasteiger partial charge in [0.05, 0.1) is 11.6 Å². The number of nitrogens with zero attached hydrogens (tertiary/aromatic N) is 5. The van der Waals surface area contributed by atoms with Crippen molar-refractivity contribution in [3.05, 3.63) is 17.5 Å². The van der Waals surface area contributed by atoms with Crippen molar-refractivity contribution in [3.63, 3.8) is 0 Å². The number of piperazine rings is 1. The number of allylic oxidation sites excluding steroid dienone is 1. The van der Waals surface area contributed by atoms with Gasteiger partial charge in [0.2, 0.25) is 0 Å². The van der Waals surface area contributed by atoms with E-state index in [1.165, 1.54) is 0 Å². The highest BCUT2D eigenvalue weighted by Crippen LogP contribution is 2.29. The standard InChI is InChI=1S/C26H41N7O2.C2H2/c1-3-7-20(25(35)19-8-4-5-9-21(19)34)24(27)26-29-22(32-12-6-10-28-11-13-32)18-23(30-26)33-16-14-31(2)15-17-33;1-2/h18-19,28H,3-17,27H2,1-2H3;1-2H/b24-20-;/t19-;/m0./s1. The summed E-state index contributed by atoms with van der Waals surface area (Å²) in [6.45, 7) is 9.40. The van der Waals surface area contributed by atoms with Gasteiger partial charge in [-0.3, -0.25) is 9.59 Å². The van der Waals surface area contributed by atoms with Gasteiger partial charge in [-0.1, -0.05) is 19.8 Å². The van der Waals surface area contributed by atoms with E-state index in [1.807, 2.05) is 6.92 Å². The number of terminal acetylenes is 1. The number of Topliss-reactive ketones (excluding diaryl/α,β-unsaturated/α-hetero) is 2. The van der Waals surface area contributed by atoms with Crippen LogP contribution in [0.5, 0.6) is 0 Å². The molecule has 9 nitrogen and oxygen atoms in total. The molecule has 1 saturated carbocycles. The molecule has 3 fully saturated rings. The number of aromatic nitrogens is 2. The zero-order valence-corrected chi connectivity index (χ0v) is 22.5. The molecular formula is C28H43N7O2. The second-order valence-corrected chi connectivity index (χ2v) is 10.1. The van der Waals surface area contributed by atoms with Gasteiger partial charge in [0.25, 0.3) is 0 Å². The Hall–Kier alpha value is -2.96. The molecule has 202 valence electrons. The van der Waals surface area contributed by atoms with Crippen molar-refractivity contribution in [2.24, 2.45) is 11.7 Å². The molecule has 1 atom stereocenters. The smallest absolute Gasteiger partial charge is 0.179 e. The van der Waals surface area contributed by atoms with Gasteiger partial charge in [0.15, 0.2) is 11.6 Å². The summed E-state index contributed by atoms with van der Waals surface area (Å²) < 4.78 is 0. The molecule has 3 heterocycles. The summed E-state index contributed by atoms with van der Waals surface area (Å²) >= 11 is 0. The molecule has 0 spiro atoms. The lowest BCUT2D eigenvalue weighted by atomic mass is 9.81. The van der Waals surface area contributed by atoms with Crippen LogP contribution in [-0.4, -0.2) is 85.8 Å². The first-order valence-electron chi connectivity index (χ1n) is 13.7. The molecule has 2 aliphatic heterocycles. The van der Waals surface area contributed by atoms with Gasteiger partial charge in [-0.2, -0.15) is 0 Å². The number of carbonyl (C=O) groups is 2.